The zero-order valence-corrected chi connectivity index (χ0v) is 15.3. The van der Waals surface area contributed by atoms with Crippen LogP contribution in [0.5, 0.6) is 0 Å². The number of thiophene rings is 1. The minimum absolute atomic E-state index is 0. The summed E-state index contributed by atoms with van der Waals surface area (Å²) < 4.78 is 1.18. The number of para-hydroxylation sites is 1. The van der Waals surface area contributed by atoms with Gasteiger partial charge in [0.25, 0.3) is 5.91 Å². The van der Waals surface area contributed by atoms with Gasteiger partial charge in [-0.2, -0.15) is 0 Å². The van der Waals surface area contributed by atoms with Gasteiger partial charge in [0, 0.05) is 17.7 Å². The van der Waals surface area contributed by atoms with E-state index in [1.807, 2.05) is 30.3 Å². The molecule has 1 aromatic heterocycles. The molecule has 5 heteroatoms. The molecule has 1 aliphatic heterocycles. The third kappa shape index (κ3) is 2.98. The highest BCUT2D eigenvalue weighted by Crippen LogP contribution is 2.38. The topological polar surface area (TPSA) is 32.3 Å². The van der Waals surface area contributed by atoms with Crippen LogP contribution in [0.3, 0.4) is 0 Å². The maximum Gasteiger partial charge on any atom is 0.262 e. The van der Waals surface area contributed by atoms with Crippen LogP contribution in [-0.4, -0.2) is 10.8 Å². The van der Waals surface area contributed by atoms with Crippen molar-refractivity contribution in [1.29, 1.82) is 0 Å². The second-order valence-electron chi connectivity index (χ2n) is 4.94. The molecule has 1 amide bonds. The summed E-state index contributed by atoms with van der Waals surface area (Å²) in [5.41, 5.74) is 2.23. The molecule has 0 fully saturated rings. The number of carbonyl (C=O) groups excluding carboxylic acids is 1. The lowest BCUT2D eigenvalue weighted by molar-refractivity contribution is 0.0758. The molecule has 0 spiro atoms. The molecule has 1 aliphatic rings. The molecule has 2 heterocycles. The van der Waals surface area contributed by atoms with Gasteiger partial charge >= 0.3 is 0 Å². The summed E-state index contributed by atoms with van der Waals surface area (Å²) in [7, 11) is 0. The van der Waals surface area contributed by atoms with E-state index in [0.717, 1.165) is 16.3 Å². The van der Waals surface area contributed by atoms with E-state index in [0.29, 0.717) is 5.56 Å². The van der Waals surface area contributed by atoms with Crippen LogP contribution in [0.1, 0.15) is 22.8 Å². The highest BCUT2D eigenvalue weighted by atomic mass is 127. The summed E-state index contributed by atoms with van der Waals surface area (Å²) in [4.78, 5) is 15.9. The molecule has 118 valence electrons. The number of benzene rings is 1. The van der Waals surface area contributed by atoms with Gasteiger partial charge < -0.3 is 5.32 Å². The molecule has 1 unspecified atom stereocenters. The first-order valence-electron chi connectivity index (χ1n) is 7.05. The number of carbonyl (C=O) groups is 1. The number of rotatable bonds is 4. The van der Waals surface area contributed by atoms with Gasteiger partial charge in [-0.15, -0.1) is 11.3 Å². The highest BCUT2D eigenvalue weighted by molar-refractivity contribution is 14.1. The van der Waals surface area contributed by atoms with Crippen LogP contribution in [0.4, 0.5) is 5.69 Å². The second kappa shape index (κ2) is 6.72. The fourth-order valence-electron chi connectivity index (χ4n) is 2.56. The van der Waals surface area contributed by atoms with Crippen LogP contribution in [0.2, 0.25) is 0 Å². The first-order valence-corrected chi connectivity index (χ1v) is 8.94. The molecule has 3 nitrogen and oxygen atoms in total. The van der Waals surface area contributed by atoms with Crippen molar-refractivity contribution in [2.24, 2.45) is 0 Å². The number of fused-ring (bicyclic) bond motifs is 1. The standard InChI is InChI=1S/C18H15IN2OS.H2/c1-3-7-12(4-2)21-17(15-10-11-16(19)23-15)20-14-9-6-5-8-13(14)18(21)22;/h3-11,17,20H,1-2H2;1H/b12-7+;. The number of hydrogen-bond acceptors (Lipinski definition) is 3. The number of halogens is 1. The number of amides is 1. The molecule has 1 aromatic carbocycles. The Kier molecular flexibility index (Phi) is 4.68. The molecule has 0 saturated heterocycles. The van der Waals surface area contributed by atoms with Crippen molar-refractivity contribution in [3.8, 4) is 0 Å². The van der Waals surface area contributed by atoms with Gasteiger partial charge in [0.15, 0.2) is 0 Å². The first-order chi connectivity index (χ1) is 11.2. The Morgan fingerprint density at radius 3 is 2.74 bits per heavy atom. The van der Waals surface area contributed by atoms with Crippen molar-refractivity contribution in [1.82, 2.24) is 4.90 Å². The lowest BCUT2D eigenvalue weighted by atomic mass is 10.1. The van der Waals surface area contributed by atoms with Gasteiger partial charge in [-0.25, -0.2) is 0 Å². The van der Waals surface area contributed by atoms with E-state index in [1.165, 1.54) is 2.88 Å². The van der Waals surface area contributed by atoms with Crippen molar-refractivity contribution in [3.05, 3.63) is 86.8 Å². The van der Waals surface area contributed by atoms with E-state index in [2.05, 4.69) is 47.1 Å². The largest absolute Gasteiger partial charge is 0.360 e. The number of hydrogen-bond donors (Lipinski definition) is 1. The third-order valence-corrected chi connectivity index (χ3v) is 5.51. The molecular formula is C18H17IN2OS. The average molecular weight is 436 g/mol. The van der Waals surface area contributed by atoms with Crippen molar-refractivity contribution >= 4 is 45.5 Å². The summed E-state index contributed by atoms with van der Waals surface area (Å²) in [5.74, 6) is -0.0410. The van der Waals surface area contributed by atoms with Gasteiger partial charge in [-0.1, -0.05) is 31.4 Å². The maximum atomic E-state index is 13.0. The van der Waals surface area contributed by atoms with Crippen LogP contribution in [0, 0.1) is 2.88 Å². The van der Waals surface area contributed by atoms with E-state index >= 15 is 0 Å². The molecule has 1 N–H and O–H groups in total. The molecule has 23 heavy (non-hydrogen) atoms. The fourth-order valence-corrected chi connectivity index (χ4v) is 4.28. The fraction of sp³-hybridized carbons (Fsp3) is 0.0556. The number of anilines is 1. The quantitative estimate of drug-likeness (QED) is 0.513. The lowest BCUT2D eigenvalue weighted by Gasteiger charge is -2.37. The Bertz CT molecular complexity index is 815. The van der Waals surface area contributed by atoms with E-state index in [4.69, 9.17) is 0 Å². The number of nitrogens with one attached hydrogen (secondary N) is 1. The minimum atomic E-state index is -0.255. The first kappa shape index (κ1) is 16.0. The summed E-state index contributed by atoms with van der Waals surface area (Å²) in [6.45, 7) is 7.58. The molecule has 0 bridgehead atoms. The molecule has 1 atom stereocenters. The molecule has 2 aromatic rings. The Morgan fingerprint density at radius 2 is 2.09 bits per heavy atom. The Morgan fingerprint density at radius 1 is 1.30 bits per heavy atom. The molecule has 3 rings (SSSR count). The summed E-state index contributed by atoms with van der Waals surface area (Å²) in [5, 5.41) is 3.47. The van der Waals surface area contributed by atoms with E-state index < -0.39 is 0 Å². The van der Waals surface area contributed by atoms with Gasteiger partial charge in [-0.05, 0) is 59.0 Å². The average Bonchev–Trinajstić information content (AvgIpc) is 2.99. The highest BCUT2D eigenvalue weighted by Gasteiger charge is 2.34. The van der Waals surface area contributed by atoms with E-state index in [1.54, 1.807) is 34.5 Å². The molecule has 0 aliphatic carbocycles. The van der Waals surface area contributed by atoms with Crippen LogP contribution < -0.4 is 5.32 Å². The lowest BCUT2D eigenvalue weighted by Crippen LogP contribution is -2.41. The van der Waals surface area contributed by atoms with Gasteiger partial charge in [0.1, 0.15) is 6.17 Å². The predicted octanol–water partition coefficient (Wildman–Crippen LogP) is 5.42. The van der Waals surface area contributed by atoms with Gasteiger partial charge in [-0.3, -0.25) is 9.69 Å². The van der Waals surface area contributed by atoms with Gasteiger partial charge in [0.2, 0.25) is 0 Å². The summed E-state index contributed by atoms with van der Waals surface area (Å²) in [6, 6.07) is 11.7. The van der Waals surface area contributed by atoms with Crippen molar-refractivity contribution in [2.45, 2.75) is 6.17 Å². The van der Waals surface area contributed by atoms with Gasteiger partial charge in [0.05, 0.1) is 8.45 Å². The van der Waals surface area contributed by atoms with Crippen LogP contribution in [-0.2, 0) is 0 Å². The normalized spacial score (nSPS) is 17.4. The minimum Gasteiger partial charge on any atom is -0.360 e. The summed E-state index contributed by atoms with van der Waals surface area (Å²) >= 11 is 3.95. The Hall–Kier alpha value is -1.86. The molecular weight excluding hydrogens is 419 g/mol. The summed E-state index contributed by atoms with van der Waals surface area (Å²) in [6.07, 6.45) is 4.89. The van der Waals surface area contributed by atoms with Crippen LogP contribution >= 0.6 is 33.9 Å². The smallest absolute Gasteiger partial charge is 0.262 e. The van der Waals surface area contributed by atoms with Crippen molar-refractivity contribution in [2.75, 3.05) is 5.32 Å². The van der Waals surface area contributed by atoms with Crippen LogP contribution in [0.15, 0.2) is 73.5 Å². The van der Waals surface area contributed by atoms with E-state index in [-0.39, 0.29) is 13.5 Å². The van der Waals surface area contributed by atoms with E-state index in [9.17, 15) is 4.79 Å². The molecule has 0 radical (unpaired) electrons. The Balaban J connectivity index is 0.00000208. The van der Waals surface area contributed by atoms with Crippen molar-refractivity contribution in [3.63, 3.8) is 0 Å². The zero-order chi connectivity index (χ0) is 16.4. The van der Waals surface area contributed by atoms with Crippen LogP contribution in [0.25, 0.3) is 0 Å². The predicted molar refractivity (Wildman–Crippen MR) is 107 cm³/mol. The zero-order valence-electron chi connectivity index (χ0n) is 12.3. The second-order valence-corrected chi connectivity index (χ2v) is 7.95. The number of allylic oxidation sites excluding steroid dienone is 3. The van der Waals surface area contributed by atoms with Crippen molar-refractivity contribution < 1.29 is 6.22 Å². The number of nitrogens with zero attached hydrogens (tertiary/aromatic N) is 1. The molecule has 0 saturated carbocycles. The third-order valence-electron chi connectivity index (χ3n) is 3.57. The monoisotopic (exact) mass is 436 g/mol. The maximum absolute atomic E-state index is 13.0. The SMILES string of the molecule is C=C/C=C(\C=C)N1C(=O)c2ccccc2NC1c1ccc(I)s1.[HH]. The Labute approximate surface area is 154 Å².